The largest absolute Gasteiger partial charge is 0.327 e. The minimum absolute atomic E-state index is 0.0987. The van der Waals surface area contributed by atoms with E-state index >= 15 is 0 Å². The molecule has 1 amide bonds. The maximum Gasteiger partial charge on any atom is 0.224 e. The van der Waals surface area contributed by atoms with Crippen LogP contribution in [0.5, 0.6) is 0 Å². The average Bonchev–Trinajstić information content (AvgIpc) is 2.84. The van der Waals surface area contributed by atoms with E-state index in [1.54, 1.807) is 0 Å². The van der Waals surface area contributed by atoms with Gasteiger partial charge in [-0.3, -0.25) is 4.79 Å². The second kappa shape index (κ2) is 7.28. The molecular weight excluding hydrogens is 272 g/mol. The van der Waals surface area contributed by atoms with Crippen molar-refractivity contribution < 1.29 is 4.79 Å². The summed E-state index contributed by atoms with van der Waals surface area (Å²) in [6, 6.07) is 6.59. The number of carbonyl (C=O) groups excluding carboxylic acids is 1. The molecule has 2 rings (SSSR count). The van der Waals surface area contributed by atoms with E-state index in [0.29, 0.717) is 24.2 Å². The van der Waals surface area contributed by atoms with Crippen LogP contribution in [0.4, 0.5) is 5.69 Å². The van der Waals surface area contributed by atoms with E-state index in [1.165, 1.54) is 11.1 Å². The van der Waals surface area contributed by atoms with E-state index in [9.17, 15) is 4.79 Å². The van der Waals surface area contributed by atoms with Crippen molar-refractivity contribution in [3.8, 4) is 0 Å². The van der Waals surface area contributed by atoms with Gasteiger partial charge in [-0.2, -0.15) is 0 Å². The Bertz CT molecular complexity index is 522. The highest BCUT2D eigenvalue weighted by Crippen LogP contribution is 2.30. The summed E-state index contributed by atoms with van der Waals surface area (Å²) in [4.78, 5) is 12.3. The lowest BCUT2D eigenvalue weighted by molar-refractivity contribution is -0.117. The molecule has 2 atom stereocenters. The Kier molecular flexibility index (Phi) is 5.63. The molecule has 3 heteroatoms. The first-order valence-electron chi connectivity index (χ1n) is 8.57. The number of hydrogen-bond acceptors (Lipinski definition) is 2. The minimum Gasteiger partial charge on any atom is -0.327 e. The Morgan fingerprint density at radius 3 is 2.50 bits per heavy atom. The van der Waals surface area contributed by atoms with Crippen molar-refractivity contribution in [2.24, 2.45) is 11.7 Å². The number of nitrogens with two attached hydrogens (primary N) is 1. The third kappa shape index (κ3) is 4.10. The van der Waals surface area contributed by atoms with Gasteiger partial charge in [-0.05, 0) is 47.8 Å². The number of nitrogens with one attached hydrogen (secondary N) is 1. The first-order valence-corrected chi connectivity index (χ1v) is 8.57. The third-order valence-electron chi connectivity index (χ3n) is 4.80. The Morgan fingerprint density at radius 2 is 1.95 bits per heavy atom. The predicted octanol–water partition coefficient (Wildman–Crippen LogP) is 4.39. The molecule has 0 bridgehead atoms. The molecule has 1 saturated carbocycles. The van der Waals surface area contributed by atoms with Crippen LogP contribution in [0, 0.1) is 5.92 Å². The summed E-state index contributed by atoms with van der Waals surface area (Å²) in [7, 11) is 0. The highest BCUT2D eigenvalue weighted by Gasteiger charge is 2.26. The minimum atomic E-state index is 0.0987. The Morgan fingerprint density at radius 1 is 1.23 bits per heavy atom. The molecule has 0 radical (unpaired) electrons. The van der Waals surface area contributed by atoms with Crippen molar-refractivity contribution in [1.82, 2.24) is 0 Å². The Labute approximate surface area is 134 Å². The van der Waals surface area contributed by atoms with E-state index in [4.69, 9.17) is 5.73 Å². The molecule has 0 spiro atoms. The van der Waals surface area contributed by atoms with Gasteiger partial charge in [-0.15, -0.1) is 0 Å². The molecule has 122 valence electrons. The predicted molar refractivity (Wildman–Crippen MR) is 93.2 cm³/mol. The lowest BCUT2D eigenvalue weighted by Gasteiger charge is -2.19. The maximum absolute atomic E-state index is 12.3. The highest BCUT2D eigenvalue weighted by molar-refractivity contribution is 5.91. The summed E-state index contributed by atoms with van der Waals surface area (Å²) in [6.07, 6.45) is 3.83. The summed E-state index contributed by atoms with van der Waals surface area (Å²) in [5.41, 5.74) is 9.56. The fourth-order valence-corrected chi connectivity index (χ4v) is 3.29. The number of hydrogen-bond donors (Lipinski definition) is 2. The molecule has 3 nitrogen and oxygen atoms in total. The summed E-state index contributed by atoms with van der Waals surface area (Å²) in [5.74, 6) is 1.33. The lowest BCUT2D eigenvalue weighted by atomic mass is 9.94. The van der Waals surface area contributed by atoms with Crippen LogP contribution in [-0.4, -0.2) is 11.9 Å². The van der Waals surface area contributed by atoms with Crippen LogP contribution < -0.4 is 11.1 Å². The van der Waals surface area contributed by atoms with Gasteiger partial charge in [-0.25, -0.2) is 0 Å². The zero-order valence-corrected chi connectivity index (χ0v) is 14.4. The van der Waals surface area contributed by atoms with Crippen LogP contribution >= 0.6 is 0 Å². The van der Waals surface area contributed by atoms with Crippen LogP contribution in [0.25, 0.3) is 0 Å². The first kappa shape index (κ1) is 17.0. The molecule has 0 aliphatic heterocycles. The second-order valence-electron chi connectivity index (χ2n) is 7.26. The van der Waals surface area contributed by atoms with Crippen molar-refractivity contribution in [2.75, 3.05) is 5.32 Å². The van der Waals surface area contributed by atoms with Crippen LogP contribution in [-0.2, 0) is 4.79 Å². The summed E-state index contributed by atoms with van der Waals surface area (Å²) >= 11 is 0. The molecule has 1 fully saturated rings. The smallest absolute Gasteiger partial charge is 0.224 e. The quantitative estimate of drug-likeness (QED) is 0.847. The molecule has 0 aromatic heterocycles. The van der Waals surface area contributed by atoms with E-state index < -0.39 is 0 Å². The van der Waals surface area contributed by atoms with Crippen molar-refractivity contribution in [1.29, 1.82) is 0 Å². The van der Waals surface area contributed by atoms with Crippen molar-refractivity contribution in [2.45, 2.75) is 71.3 Å². The standard InChI is InChI=1S/C19H30N2O/c1-12(2)14-8-9-18(16(10-14)13(3)4)21-19(22)11-15-6-5-7-17(15)20/h8-10,12-13,15,17H,5-7,11,20H2,1-4H3,(H,21,22)/t15-,17+/m0/s1. The van der Waals surface area contributed by atoms with Crippen molar-refractivity contribution >= 4 is 11.6 Å². The van der Waals surface area contributed by atoms with Crippen LogP contribution in [0.2, 0.25) is 0 Å². The molecule has 0 saturated heterocycles. The molecular formula is C19H30N2O. The Hall–Kier alpha value is -1.35. The molecule has 22 heavy (non-hydrogen) atoms. The van der Waals surface area contributed by atoms with Gasteiger partial charge in [0, 0.05) is 18.2 Å². The number of rotatable bonds is 5. The van der Waals surface area contributed by atoms with E-state index in [1.807, 2.05) is 0 Å². The number of amides is 1. The van der Waals surface area contributed by atoms with Gasteiger partial charge in [0.25, 0.3) is 0 Å². The zero-order valence-electron chi connectivity index (χ0n) is 14.4. The molecule has 1 aliphatic rings. The summed E-state index contributed by atoms with van der Waals surface area (Å²) in [6.45, 7) is 8.72. The van der Waals surface area contributed by atoms with Crippen LogP contribution in [0.3, 0.4) is 0 Å². The van der Waals surface area contributed by atoms with Gasteiger partial charge in [0.15, 0.2) is 0 Å². The lowest BCUT2D eigenvalue weighted by Crippen LogP contribution is -2.28. The zero-order chi connectivity index (χ0) is 16.3. The number of carbonyl (C=O) groups is 1. The number of benzene rings is 1. The molecule has 1 aromatic rings. The fraction of sp³-hybridized carbons (Fsp3) is 0.632. The molecule has 3 N–H and O–H groups in total. The summed E-state index contributed by atoms with van der Waals surface area (Å²) < 4.78 is 0. The SMILES string of the molecule is CC(C)c1ccc(NC(=O)C[C@@H]2CCC[C@H]2N)c(C(C)C)c1. The monoisotopic (exact) mass is 302 g/mol. The first-order chi connectivity index (χ1) is 10.4. The summed E-state index contributed by atoms with van der Waals surface area (Å²) in [5, 5.41) is 3.11. The van der Waals surface area contributed by atoms with Gasteiger partial charge in [0.05, 0.1) is 0 Å². The molecule has 0 heterocycles. The fourth-order valence-electron chi connectivity index (χ4n) is 3.29. The van der Waals surface area contributed by atoms with Crippen LogP contribution in [0.1, 0.15) is 76.3 Å². The maximum atomic E-state index is 12.3. The van der Waals surface area contributed by atoms with Gasteiger partial charge in [0.1, 0.15) is 0 Å². The van der Waals surface area contributed by atoms with Gasteiger partial charge in [0.2, 0.25) is 5.91 Å². The van der Waals surface area contributed by atoms with E-state index in [2.05, 4.69) is 51.2 Å². The van der Waals surface area contributed by atoms with Crippen molar-refractivity contribution in [3.63, 3.8) is 0 Å². The third-order valence-corrected chi connectivity index (χ3v) is 4.80. The van der Waals surface area contributed by atoms with Crippen LogP contribution in [0.15, 0.2) is 18.2 Å². The molecule has 1 aromatic carbocycles. The second-order valence-corrected chi connectivity index (χ2v) is 7.26. The van der Waals surface area contributed by atoms with E-state index in [-0.39, 0.29) is 11.9 Å². The topological polar surface area (TPSA) is 55.1 Å². The van der Waals surface area contributed by atoms with Gasteiger partial charge in [-0.1, -0.05) is 46.2 Å². The average molecular weight is 302 g/mol. The normalized spacial score (nSPS) is 21.6. The van der Waals surface area contributed by atoms with Crippen molar-refractivity contribution in [3.05, 3.63) is 29.3 Å². The van der Waals surface area contributed by atoms with Gasteiger partial charge < -0.3 is 11.1 Å². The van der Waals surface area contributed by atoms with E-state index in [0.717, 1.165) is 24.9 Å². The molecule has 0 unspecified atom stereocenters. The van der Waals surface area contributed by atoms with Gasteiger partial charge >= 0.3 is 0 Å². The number of anilines is 1. The Balaban J connectivity index is 2.09. The highest BCUT2D eigenvalue weighted by atomic mass is 16.1. The molecule has 1 aliphatic carbocycles.